The van der Waals surface area contributed by atoms with Crippen molar-refractivity contribution in [3.8, 4) is 11.5 Å². The van der Waals surface area contributed by atoms with Gasteiger partial charge in [0.05, 0.1) is 23.3 Å². The summed E-state index contributed by atoms with van der Waals surface area (Å²) in [6, 6.07) is 11.2. The first-order valence-corrected chi connectivity index (χ1v) is 8.29. The van der Waals surface area contributed by atoms with Crippen molar-refractivity contribution < 1.29 is 24.5 Å². The molecule has 132 valence electrons. The molecule has 0 aromatic heterocycles. The maximum atomic E-state index is 12.2. The third kappa shape index (κ3) is 3.55. The number of thioether (sulfide) groups is 1. The van der Waals surface area contributed by atoms with Crippen LogP contribution in [0.5, 0.6) is 11.5 Å². The highest BCUT2D eigenvalue weighted by Gasteiger charge is 2.25. The van der Waals surface area contributed by atoms with Crippen LogP contribution in [0.2, 0.25) is 0 Å². The number of methoxy groups -OCH3 is 1. The van der Waals surface area contributed by atoms with E-state index in [0.29, 0.717) is 16.2 Å². The molecule has 0 atom stereocenters. The van der Waals surface area contributed by atoms with Crippen molar-refractivity contribution in [1.82, 2.24) is 5.32 Å². The number of phenolic OH excluding ortho intramolecular Hbond substituents is 1. The minimum absolute atomic E-state index is 0.0396. The van der Waals surface area contributed by atoms with Gasteiger partial charge in [0.25, 0.3) is 5.91 Å². The molecule has 7 nitrogen and oxygen atoms in total. The van der Waals surface area contributed by atoms with Crippen molar-refractivity contribution in [3.05, 3.63) is 58.5 Å². The average Bonchev–Trinajstić information content (AvgIpc) is 2.96. The Morgan fingerprint density at radius 1 is 1.23 bits per heavy atom. The smallest absolute Gasteiger partial charge is 0.337 e. The quantitative estimate of drug-likeness (QED) is 0.714. The summed E-state index contributed by atoms with van der Waals surface area (Å²) in [7, 11) is 1.44. The Bertz CT molecular complexity index is 952. The number of rotatable bonds is 4. The molecule has 2 aromatic rings. The molecule has 1 aliphatic rings. The summed E-state index contributed by atoms with van der Waals surface area (Å²) < 4.78 is 5.05. The third-order valence-electron chi connectivity index (χ3n) is 3.54. The number of amides is 1. The average molecular weight is 370 g/mol. The summed E-state index contributed by atoms with van der Waals surface area (Å²) in [6.45, 7) is 0. The number of carboxylic acid groups (broad SMARTS) is 1. The molecular weight excluding hydrogens is 356 g/mol. The third-order valence-corrected chi connectivity index (χ3v) is 4.45. The number of aromatic carboxylic acids is 1. The van der Waals surface area contributed by atoms with Crippen molar-refractivity contribution in [3.63, 3.8) is 0 Å². The largest absolute Gasteiger partial charge is 0.504 e. The van der Waals surface area contributed by atoms with Gasteiger partial charge in [0.2, 0.25) is 0 Å². The highest BCUT2D eigenvalue weighted by atomic mass is 32.2. The van der Waals surface area contributed by atoms with Crippen LogP contribution in [0.4, 0.5) is 5.69 Å². The topological polar surface area (TPSA) is 108 Å². The molecule has 3 N–H and O–H groups in total. The molecule has 0 bridgehead atoms. The van der Waals surface area contributed by atoms with E-state index in [9.17, 15) is 19.8 Å². The fourth-order valence-corrected chi connectivity index (χ4v) is 3.13. The number of hydrogen-bond acceptors (Lipinski definition) is 6. The SMILES string of the molecule is COc1cccc(/C=C2\SC(=Nc3ccccc3C(=O)O)NC2=O)c1O. The lowest BCUT2D eigenvalue weighted by atomic mass is 10.1. The monoisotopic (exact) mass is 370 g/mol. The lowest BCUT2D eigenvalue weighted by molar-refractivity contribution is -0.115. The molecule has 1 heterocycles. The van der Waals surface area contributed by atoms with E-state index >= 15 is 0 Å². The van der Waals surface area contributed by atoms with Gasteiger partial charge in [0, 0.05) is 5.56 Å². The van der Waals surface area contributed by atoms with E-state index in [0.717, 1.165) is 11.8 Å². The number of nitrogens with one attached hydrogen (secondary N) is 1. The van der Waals surface area contributed by atoms with Gasteiger partial charge in [0.1, 0.15) is 0 Å². The number of carbonyl (C=O) groups excluding carboxylic acids is 1. The molecule has 1 fully saturated rings. The number of hydrogen-bond donors (Lipinski definition) is 3. The highest BCUT2D eigenvalue weighted by Crippen LogP contribution is 2.34. The van der Waals surface area contributed by atoms with Crippen molar-refractivity contribution in [2.24, 2.45) is 4.99 Å². The standard InChI is InChI=1S/C18H14N2O5S/c1-25-13-8-4-5-10(15(13)21)9-14-16(22)20-18(26-14)19-12-7-3-2-6-11(12)17(23)24/h2-9,21H,1H3,(H,23,24)(H,19,20,22)/b14-9-. The molecule has 0 radical (unpaired) electrons. The normalized spacial score (nSPS) is 16.7. The van der Waals surface area contributed by atoms with E-state index in [1.165, 1.54) is 19.3 Å². The number of aliphatic imine (C=N–C) groups is 1. The van der Waals surface area contributed by atoms with Gasteiger partial charge in [0.15, 0.2) is 16.7 Å². The minimum atomic E-state index is -1.10. The van der Waals surface area contributed by atoms with Gasteiger partial charge in [-0.25, -0.2) is 9.79 Å². The van der Waals surface area contributed by atoms with Gasteiger partial charge in [-0.05, 0) is 36.0 Å². The van der Waals surface area contributed by atoms with Crippen LogP contribution in [-0.2, 0) is 4.79 Å². The van der Waals surface area contributed by atoms with Gasteiger partial charge in [-0.1, -0.05) is 24.3 Å². The Hall–Kier alpha value is -3.26. The second-order valence-corrected chi connectivity index (χ2v) is 6.23. The Balaban J connectivity index is 1.91. The van der Waals surface area contributed by atoms with Crippen LogP contribution < -0.4 is 10.1 Å². The van der Waals surface area contributed by atoms with E-state index in [2.05, 4.69) is 10.3 Å². The van der Waals surface area contributed by atoms with Crippen LogP contribution in [0, 0.1) is 0 Å². The van der Waals surface area contributed by atoms with Crippen molar-refractivity contribution in [2.75, 3.05) is 7.11 Å². The molecule has 2 aromatic carbocycles. The second-order valence-electron chi connectivity index (χ2n) is 5.20. The van der Waals surface area contributed by atoms with Gasteiger partial charge in [-0.15, -0.1) is 0 Å². The number of benzene rings is 2. The molecule has 1 saturated heterocycles. The molecule has 0 aliphatic carbocycles. The maximum Gasteiger partial charge on any atom is 0.337 e. The molecule has 1 aliphatic heterocycles. The van der Waals surface area contributed by atoms with Gasteiger partial charge < -0.3 is 20.3 Å². The Morgan fingerprint density at radius 3 is 2.73 bits per heavy atom. The molecule has 3 rings (SSSR count). The minimum Gasteiger partial charge on any atom is -0.504 e. The fraction of sp³-hybridized carbons (Fsp3) is 0.0556. The first-order valence-electron chi connectivity index (χ1n) is 7.47. The summed E-state index contributed by atoms with van der Waals surface area (Å²) in [5, 5.41) is 22.2. The van der Waals surface area contributed by atoms with E-state index < -0.39 is 5.97 Å². The Kier molecular flexibility index (Phi) is 4.94. The van der Waals surface area contributed by atoms with Crippen molar-refractivity contribution in [2.45, 2.75) is 0 Å². The highest BCUT2D eigenvalue weighted by molar-refractivity contribution is 8.18. The molecule has 1 amide bonds. The van der Waals surface area contributed by atoms with Crippen LogP contribution >= 0.6 is 11.8 Å². The van der Waals surface area contributed by atoms with E-state index in [-0.39, 0.29) is 28.1 Å². The number of aromatic hydroxyl groups is 1. The zero-order valence-electron chi connectivity index (χ0n) is 13.6. The zero-order valence-corrected chi connectivity index (χ0v) is 14.4. The van der Waals surface area contributed by atoms with Crippen LogP contribution in [0.15, 0.2) is 52.4 Å². The van der Waals surface area contributed by atoms with Crippen LogP contribution in [0.3, 0.4) is 0 Å². The summed E-state index contributed by atoms with van der Waals surface area (Å²) in [6.07, 6.45) is 1.52. The van der Waals surface area contributed by atoms with E-state index in [1.807, 2.05) is 0 Å². The van der Waals surface area contributed by atoms with Crippen LogP contribution in [-0.4, -0.2) is 34.4 Å². The summed E-state index contributed by atoms with van der Waals surface area (Å²) in [5.41, 5.74) is 0.709. The fourth-order valence-electron chi connectivity index (χ4n) is 2.30. The van der Waals surface area contributed by atoms with E-state index in [1.54, 1.807) is 36.4 Å². The molecule has 8 heteroatoms. The number of carboxylic acids is 1. The first kappa shape index (κ1) is 17.6. The first-order chi connectivity index (χ1) is 12.5. The van der Waals surface area contributed by atoms with Gasteiger partial charge >= 0.3 is 5.97 Å². The lowest BCUT2D eigenvalue weighted by Gasteiger charge is -2.05. The molecular formula is C18H14N2O5S. The second kappa shape index (κ2) is 7.32. The number of amidine groups is 1. The number of nitrogens with zero attached hydrogens (tertiary/aromatic N) is 1. The molecule has 26 heavy (non-hydrogen) atoms. The number of carbonyl (C=O) groups is 2. The number of ether oxygens (including phenoxy) is 1. The molecule has 0 unspecified atom stereocenters. The van der Waals surface area contributed by atoms with Crippen molar-refractivity contribution >= 4 is 40.6 Å². The van der Waals surface area contributed by atoms with Crippen LogP contribution in [0.25, 0.3) is 6.08 Å². The summed E-state index contributed by atoms with van der Waals surface area (Å²) in [5.74, 6) is -1.26. The zero-order chi connectivity index (χ0) is 18.7. The van der Waals surface area contributed by atoms with Gasteiger partial charge in [-0.3, -0.25) is 4.79 Å². The molecule has 0 saturated carbocycles. The Morgan fingerprint density at radius 2 is 2.00 bits per heavy atom. The molecule has 0 spiro atoms. The predicted molar refractivity (Wildman–Crippen MR) is 98.9 cm³/mol. The number of phenols is 1. The van der Waals surface area contributed by atoms with Gasteiger partial charge in [-0.2, -0.15) is 0 Å². The van der Waals surface area contributed by atoms with Crippen molar-refractivity contribution in [1.29, 1.82) is 0 Å². The summed E-state index contributed by atoms with van der Waals surface area (Å²) >= 11 is 1.06. The summed E-state index contributed by atoms with van der Waals surface area (Å²) in [4.78, 5) is 27.9. The lowest BCUT2D eigenvalue weighted by Crippen LogP contribution is -2.19. The number of para-hydroxylation sites is 2. The maximum absolute atomic E-state index is 12.2. The van der Waals surface area contributed by atoms with Crippen LogP contribution in [0.1, 0.15) is 15.9 Å². The predicted octanol–water partition coefficient (Wildman–Crippen LogP) is 2.99. The Labute approximate surface area is 153 Å². The van der Waals surface area contributed by atoms with E-state index in [4.69, 9.17) is 4.74 Å².